The molecule has 0 spiro atoms. The van der Waals surface area contributed by atoms with E-state index in [1.807, 2.05) is 48.5 Å². The summed E-state index contributed by atoms with van der Waals surface area (Å²) in [6.07, 6.45) is -1.18. The summed E-state index contributed by atoms with van der Waals surface area (Å²) in [4.78, 5) is 12.4. The van der Waals surface area contributed by atoms with Gasteiger partial charge in [-0.25, -0.2) is 9.90 Å². The van der Waals surface area contributed by atoms with Gasteiger partial charge in [0.05, 0.1) is 5.69 Å². The van der Waals surface area contributed by atoms with E-state index in [4.69, 9.17) is 0 Å². The van der Waals surface area contributed by atoms with Crippen LogP contribution in [0.3, 0.4) is 0 Å². The highest BCUT2D eigenvalue weighted by Gasteiger charge is 2.17. The third kappa shape index (κ3) is 2.35. The van der Waals surface area contributed by atoms with Crippen molar-refractivity contribution in [2.75, 3.05) is 11.4 Å². The maximum absolute atomic E-state index is 11.1. The number of hydrogen-bond acceptors (Lipinski definition) is 1. The Balaban J connectivity index is 2.53. The van der Waals surface area contributed by atoms with E-state index in [-0.39, 0.29) is 0 Å². The van der Waals surface area contributed by atoms with E-state index in [1.165, 1.54) is 4.90 Å². The molecular formula is C15H14NO2. The second-order valence-electron chi connectivity index (χ2n) is 3.89. The largest absolute Gasteiger partial charge is 0.457 e. The van der Waals surface area contributed by atoms with Gasteiger partial charge in [-0.15, -0.1) is 0 Å². The highest BCUT2D eigenvalue weighted by Crippen LogP contribution is 2.30. The van der Waals surface area contributed by atoms with Gasteiger partial charge < -0.3 is 0 Å². The number of rotatable bonds is 3. The van der Waals surface area contributed by atoms with Crippen molar-refractivity contribution in [2.24, 2.45) is 0 Å². The Kier molecular flexibility index (Phi) is 3.63. The van der Waals surface area contributed by atoms with Crippen molar-refractivity contribution in [2.45, 2.75) is 6.92 Å². The average molecular weight is 240 g/mol. The summed E-state index contributed by atoms with van der Waals surface area (Å²) >= 11 is 0. The molecule has 0 aliphatic heterocycles. The molecule has 2 aromatic carbocycles. The quantitative estimate of drug-likeness (QED) is 0.805. The van der Waals surface area contributed by atoms with Crippen LogP contribution in [0.1, 0.15) is 6.92 Å². The number of carbonyl (C=O) groups is 1. The number of hydrogen-bond donors (Lipinski definition) is 0. The van der Waals surface area contributed by atoms with Crippen LogP contribution in [-0.2, 0) is 5.11 Å². The minimum Gasteiger partial charge on any atom is -0.274 e. The molecule has 1 amide bonds. The highest BCUT2D eigenvalue weighted by atomic mass is 16.4. The lowest BCUT2D eigenvalue weighted by Gasteiger charge is -2.19. The van der Waals surface area contributed by atoms with Crippen molar-refractivity contribution in [1.29, 1.82) is 0 Å². The summed E-state index contributed by atoms with van der Waals surface area (Å²) in [6.45, 7) is 2.16. The summed E-state index contributed by atoms with van der Waals surface area (Å²) in [5, 5.41) is 11.1. The Bertz CT molecular complexity index is 537. The smallest absolute Gasteiger partial charge is 0.274 e. The maximum atomic E-state index is 11.1. The molecule has 2 aromatic rings. The summed E-state index contributed by atoms with van der Waals surface area (Å²) in [7, 11) is 0. The summed E-state index contributed by atoms with van der Waals surface area (Å²) in [5.41, 5.74) is 2.54. The molecule has 0 unspecified atom stereocenters. The number of nitrogens with zero attached hydrogens (tertiary/aromatic N) is 1. The first-order valence-corrected chi connectivity index (χ1v) is 5.87. The average Bonchev–Trinajstić information content (AvgIpc) is 2.41. The molecule has 3 nitrogen and oxygen atoms in total. The zero-order valence-electron chi connectivity index (χ0n) is 10.2. The van der Waals surface area contributed by atoms with Gasteiger partial charge in [0.1, 0.15) is 0 Å². The van der Waals surface area contributed by atoms with Gasteiger partial charge in [-0.3, -0.25) is 4.90 Å². The number of para-hydroxylation sites is 1. The molecule has 3 heteroatoms. The second kappa shape index (κ2) is 5.36. The zero-order valence-corrected chi connectivity index (χ0v) is 10.2. The molecule has 1 radical (unpaired) electrons. The number of anilines is 1. The normalized spacial score (nSPS) is 10.1. The van der Waals surface area contributed by atoms with E-state index in [9.17, 15) is 9.90 Å². The molecule has 0 fully saturated rings. The van der Waals surface area contributed by atoms with Gasteiger partial charge in [0, 0.05) is 12.1 Å². The minimum atomic E-state index is -1.18. The first kappa shape index (κ1) is 12.2. The summed E-state index contributed by atoms with van der Waals surface area (Å²) in [6, 6.07) is 17.1. The van der Waals surface area contributed by atoms with Gasteiger partial charge in [-0.1, -0.05) is 48.5 Å². The fraction of sp³-hybridized carbons (Fsp3) is 0.133. The molecule has 0 saturated heterocycles. The Hall–Kier alpha value is -2.29. The van der Waals surface area contributed by atoms with Crippen LogP contribution < -0.4 is 4.90 Å². The van der Waals surface area contributed by atoms with Crippen molar-refractivity contribution >= 4 is 11.8 Å². The van der Waals surface area contributed by atoms with E-state index in [0.717, 1.165) is 11.1 Å². The predicted molar refractivity (Wildman–Crippen MR) is 71.0 cm³/mol. The van der Waals surface area contributed by atoms with E-state index in [1.54, 1.807) is 13.0 Å². The van der Waals surface area contributed by atoms with Crippen LogP contribution in [0, 0.1) is 0 Å². The molecule has 0 saturated carbocycles. The fourth-order valence-electron chi connectivity index (χ4n) is 1.97. The van der Waals surface area contributed by atoms with E-state index in [2.05, 4.69) is 0 Å². The molecule has 18 heavy (non-hydrogen) atoms. The van der Waals surface area contributed by atoms with Crippen LogP contribution >= 0.6 is 0 Å². The highest BCUT2D eigenvalue weighted by molar-refractivity contribution is 5.92. The van der Waals surface area contributed by atoms with Crippen LogP contribution in [-0.4, -0.2) is 12.6 Å². The van der Waals surface area contributed by atoms with Crippen molar-refractivity contribution in [3.63, 3.8) is 0 Å². The lowest BCUT2D eigenvalue weighted by atomic mass is 10.0. The molecule has 0 N–H and O–H groups in total. The minimum absolute atomic E-state index is 0.367. The Morgan fingerprint density at radius 3 is 2.22 bits per heavy atom. The van der Waals surface area contributed by atoms with Gasteiger partial charge in [0.2, 0.25) is 0 Å². The predicted octanol–water partition coefficient (Wildman–Crippen LogP) is 3.73. The van der Waals surface area contributed by atoms with E-state index >= 15 is 0 Å². The molecule has 0 aliphatic carbocycles. The fourth-order valence-corrected chi connectivity index (χ4v) is 1.97. The molecule has 0 bridgehead atoms. The first-order valence-electron chi connectivity index (χ1n) is 5.87. The standard InChI is InChI=1S/C15H14NO2/c1-2-16(15(17)18)14-11-7-6-10-13(14)12-8-4-3-5-9-12/h3-11H,2H2,1H3. The Morgan fingerprint density at radius 2 is 1.61 bits per heavy atom. The first-order chi connectivity index (χ1) is 8.74. The lowest BCUT2D eigenvalue weighted by molar-refractivity contribution is 0.177. The monoisotopic (exact) mass is 240 g/mol. The van der Waals surface area contributed by atoms with E-state index in [0.29, 0.717) is 12.2 Å². The van der Waals surface area contributed by atoms with Crippen LogP contribution in [0.2, 0.25) is 0 Å². The molecule has 91 valence electrons. The van der Waals surface area contributed by atoms with Gasteiger partial charge >= 0.3 is 6.09 Å². The summed E-state index contributed by atoms with van der Waals surface area (Å²) in [5.74, 6) is 0. The van der Waals surface area contributed by atoms with Crippen molar-refractivity contribution < 1.29 is 9.90 Å². The zero-order chi connectivity index (χ0) is 13.0. The molecule has 2 rings (SSSR count). The maximum Gasteiger partial charge on any atom is 0.457 e. The number of benzene rings is 2. The van der Waals surface area contributed by atoms with Crippen LogP contribution in [0.4, 0.5) is 10.5 Å². The Labute approximate surface area is 106 Å². The number of carbonyl (C=O) groups excluding carboxylic acids is 1. The lowest BCUT2D eigenvalue weighted by Crippen LogP contribution is -2.28. The van der Waals surface area contributed by atoms with Crippen molar-refractivity contribution in [3.8, 4) is 11.1 Å². The Morgan fingerprint density at radius 1 is 1.00 bits per heavy atom. The second-order valence-corrected chi connectivity index (χ2v) is 3.89. The third-order valence-electron chi connectivity index (χ3n) is 2.82. The molecular weight excluding hydrogens is 226 g/mol. The molecule has 0 atom stereocenters. The SMILES string of the molecule is CCN(C([O])=O)c1ccccc1-c1ccccc1. The van der Waals surface area contributed by atoms with Crippen LogP contribution in [0.25, 0.3) is 11.1 Å². The van der Waals surface area contributed by atoms with Gasteiger partial charge in [-0.2, -0.15) is 0 Å². The van der Waals surface area contributed by atoms with Gasteiger partial charge in [0.25, 0.3) is 0 Å². The topological polar surface area (TPSA) is 40.2 Å². The molecule has 0 heterocycles. The van der Waals surface area contributed by atoms with Gasteiger partial charge in [0.15, 0.2) is 0 Å². The third-order valence-corrected chi connectivity index (χ3v) is 2.82. The van der Waals surface area contributed by atoms with Crippen LogP contribution in [0.5, 0.6) is 0 Å². The van der Waals surface area contributed by atoms with Crippen molar-refractivity contribution in [3.05, 3.63) is 54.6 Å². The number of amides is 1. The van der Waals surface area contributed by atoms with Crippen molar-refractivity contribution in [1.82, 2.24) is 0 Å². The van der Waals surface area contributed by atoms with Crippen LogP contribution in [0.15, 0.2) is 54.6 Å². The van der Waals surface area contributed by atoms with E-state index < -0.39 is 6.09 Å². The summed E-state index contributed by atoms with van der Waals surface area (Å²) < 4.78 is 0. The molecule has 0 aromatic heterocycles. The van der Waals surface area contributed by atoms with Gasteiger partial charge in [-0.05, 0) is 18.6 Å². The molecule has 0 aliphatic rings.